The van der Waals surface area contributed by atoms with Gasteiger partial charge in [-0.3, -0.25) is 15.0 Å². The summed E-state index contributed by atoms with van der Waals surface area (Å²) < 4.78 is 16.6. The second-order valence-electron chi connectivity index (χ2n) is 7.11. The molecule has 2 aliphatic heterocycles. The average molecular weight is 409 g/mol. The van der Waals surface area contributed by atoms with Crippen molar-refractivity contribution >= 4 is 11.4 Å². The van der Waals surface area contributed by atoms with Crippen LogP contribution in [0.3, 0.4) is 0 Å². The van der Waals surface area contributed by atoms with Crippen molar-refractivity contribution in [2.75, 3.05) is 37.9 Å². The molecule has 1 fully saturated rings. The minimum atomic E-state index is -0.385. The average Bonchev–Trinajstić information content (AvgIpc) is 3.43. The van der Waals surface area contributed by atoms with E-state index in [0.717, 1.165) is 37.4 Å². The van der Waals surface area contributed by atoms with Crippen LogP contribution in [-0.2, 0) is 6.54 Å². The van der Waals surface area contributed by atoms with E-state index in [9.17, 15) is 10.1 Å². The Morgan fingerprint density at radius 1 is 0.967 bits per heavy atom. The third-order valence-corrected chi connectivity index (χ3v) is 5.24. The van der Waals surface area contributed by atoms with Gasteiger partial charge in [0, 0.05) is 49.6 Å². The summed E-state index contributed by atoms with van der Waals surface area (Å²) in [5.74, 6) is 2.40. The van der Waals surface area contributed by atoms with Gasteiger partial charge in [-0.2, -0.15) is 0 Å². The first-order valence-electron chi connectivity index (χ1n) is 9.60. The van der Waals surface area contributed by atoms with Crippen LogP contribution in [0.2, 0.25) is 0 Å². The van der Waals surface area contributed by atoms with E-state index in [1.165, 1.54) is 12.1 Å². The van der Waals surface area contributed by atoms with Crippen LogP contribution < -0.4 is 14.4 Å². The number of hydrogen-bond acceptors (Lipinski definition) is 9. The van der Waals surface area contributed by atoms with E-state index in [-0.39, 0.29) is 17.4 Å². The zero-order valence-electron chi connectivity index (χ0n) is 16.1. The van der Waals surface area contributed by atoms with Crippen molar-refractivity contribution in [1.82, 2.24) is 15.1 Å². The Labute approximate surface area is 171 Å². The van der Waals surface area contributed by atoms with Crippen molar-refractivity contribution < 1.29 is 18.8 Å². The van der Waals surface area contributed by atoms with Crippen LogP contribution in [0.15, 0.2) is 46.9 Å². The van der Waals surface area contributed by atoms with E-state index in [4.69, 9.17) is 13.9 Å². The third kappa shape index (κ3) is 3.64. The van der Waals surface area contributed by atoms with Gasteiger partial charge in [-0.25, -0.2) is 0 Å². The first-order valence-corrected chi connectivity index (χ1v) is 9.60. The lowest BCUT2D eigenvalue weighted by atomic mass is 10.2. The number of nitro groups is 1. The number of non-ortho nitro benzene ring substituents is 1. The number of aromatic nitrogens is 2. The lowest BCUT2D eigenvalue weighted by Gasteiger charge is -2.35. The Morgan fingerprint density at radius 3 is 2.50 bits per heavy atom. The van der Waals surface area contributed by atoms with Gasteiger partial charge in [0.1, 0.15) is 0 Å². The molecule has 3 aromatic rings. The number of nitro benzene ring substituents is 1. The summed E-state index contributed by atoms with van der Waals surface area (Å²) >= 11 is 0. The molecular formula is C20H19N5O5. The second kappa shape index (κ2) is 7.64. The Bertz CT molecular complexity index is 1060. The summed E-state index contributed by atoms with van der Waals surface area (Å²) in [7, 11) is 0. The molecule has 0 radical (unpaired) electrons. The van der Waals surface area contributed by atoms with Crippen LogP contribution in [0.4, 0.5) is 11.4 Å². The van der Waals surface area contributed by atoms with Gasteiger partial charge in [-0.05, 0) is 30.3 Å². The lowest BCUT2D eigenvalue weighted by molar-refractivity contribution is -0.384. The lowest BCUT2D eigenvalue weighted by Crippen LogP contribution is -2.46. The summed E-state index contributed by atoms with van der Waals surface area (Å²) in [4.78, 5) is 14.9. The van der Waals surface area contributed by atoms with E-state index in [2.05, 4.69) is 20.0 Å². The molecule has 1 aromatic heterocycles. The molecule has 0 amide bonds. The SMILES string of the molecule is O=[N+]([O-])c1ccc(N2CCN(Cc3nnc(-c4ccc5c(c4)OCO5)o3)CC2)cc1. The number of rotatable bonds is 5. The van der Waals surface area contributed by atoms with Crippen molar-refractivity contribution in [3.63, 3.8) is 0 Å². The minimum absolute atomic E-state index is 0.104. The van der Waals surface area contributed by atoms with Crippen molar-refractivity contribution in [2.24, 2.45) is 0 Å². The molecule has 2 aromatic carbocycles. The Kier molecular flexibility index (Phi) is 4.68. The highest BCUT2D eigenvalue weighted by Crippen LogP contribution is 2.35. The van der Waals surface area contributed by atoms with Crippen molar-refractivity contribution in [2.45, 2.75) is 6.54 Å². The minimum Gasteiger partial charge on any atom is -0.454 e. The zero-order valence-corrected chi connectivity index (χ0v) is 16.1. The summed E-state index contributed by atoms with van der Waals surface area (Å²) in [6.07, 6.45) is 0. The molecule has 2 aliphatic rings. The fourth-order valence-electron chi connectivity index (χ4n) is 3.60. The van der Waals surface area contributed by atoms with Crippen molar-refractivity contribution in [3.8, 4) is 23.0 Å². The molecule has 3 heterocycles. The van der Waals surface area contributed by atoms with Crippen molar-refractivity contribution in [3.05, 3.63) is 58.5 Å². The van der Waals surface area contributed by atoms with E-state index in [0.29, 0.717) is 29.8 Å². The zero-order chi connectivity index (χ0) is 20.5. The van der Waals surface area contributed by atoms with E-state index in [1.807, 2.05) is 18.2 Å². The van der Waals surface area contributed by atoms with Crippen LogP contribution in [0.25, 0.3) is 11.5 Å². The molecule has 0 N–H and O–H groups in total. The van der Waals surface area contributed by atoms with Crippen LogP contribution in [-0.4, -0.2) is 53.0 Å². The van der Waals surface area contributed by atoms with Gasteiger partial charge in [0.05, 0.1) is 11.5 Å². The Hall–Kier alpha value is -3.66. The monoisotopic (exact) mass is 409 g/mol. The summed E-state index contributed by atoms with van der Waals surface area (Å²) in [5, 5.41) is 19.1. The first-order chi connectivity index (χ1) is 14.7. The quantitative estimate of drug-likeness (QED) is 0.464. The molecule has 0 unspecified atom stereocenters. The van der Waals surface area contributed by atoms with Crippen molar-refractivity contribution in [1.29, 1.82) is 0 Å². The van der Waals surface area contributed by atoms with Gasteiger partial charge in [0.2, 0.25) is 18.6 Å². The van der Waals surface area contributed by atoms with Gasteiger partial charge in [0.15, 0.2) is 11.5 Å². The van der Waals surface area contributed by atoms with E-state index in [1.54, 1.807) is 12.1 Å². The summed E-state index contributed by atoms with van der Waals surface area (Å²) in [6.45, 7) is 4.10. The largest absolute Gasteiger partial charge is 0.454 e. The molecule has 0 aliphatic carbocycles. The molecular weight excluding hydrogens is 390 g/mol. The van der Waals surface area contributed by atoms with Gasteiger partial charge in [-0.15, -0.1) is 10.2 Å². The molecule has 5 rings (SSSR count). The van der Waals surface area contributed by atoms with E-state index < -0.39 is 0 Å². The third-order valence-electron chi connectivity index (χ3n) is 5.24. The number of fused-ring (bicyclic) bond motifs is 1. The number of ether oxygens (including phenoxy) is 2. The normalized spacial score (nSPS) is 16.1. The highest BCUT2D eigenvalue weighted by atomic mass is 16.7. The van der Waals surface area contributed by atoms with Gasteiger partial charge < -0.3 is 18.8 Å². The molecule has 10 heteroatoms. The van der Waals surface area contributed by atoms with Crippen LogP contribution in [0.1, 0.15) is 5.89 Å². The molecule has 1 saturated heterocycles. The first kappa shape index (κ1) is 18.4. The molecule has 10 nitrogen and oxygen atoms in total. The maximum Gasteiger partial charge on any atom is 0.269 e. The topological polar surface area (TPSA) is 107 Å². The van der Waals surface area contributed by atoms with Gasteiger partial charge in [0.25, 0.3) is 5.69 Å². The molecule has 0 atom stereocenters. The molecule has 30 heavy (non-hydrogen) atoms. The predicted molar refractivity (Wildman–Crippen MR) is 106 cm³/mol. The highest BCUT2D eigenvalue weighted by molar-refractivity contribution is 5.60. The summed E-state index contributed by atoms with van der Waals surface area (Å²) in [5.41, 5.74) is 1.89. The van der Waals surface area contributed by atoms with Gasteiger partial charge >= 0.3 is 0 Å². The maximum atomic E-state index is 10.8. The number of nitrogens with zero attached hydrogens (tertiary/aromatic N) is 5. The second-order valence-corrected chi connectivity index (χ2v) is 7.11. The Morgan fingerprint density at radius 2 is 1.73 bits per heavy atom. The fourth-order valence-corrected chi connectivity index (χ4v) is 3.60. The van der Waals surface area contributed by atoms with Crippen LogP contribution in [0.5, 0.6) is 11.5 Å². The van der Waals surface area contributed by atoms with Gasteiger partial charge in [-0.1, -0.05) is 0 Å². The van der Waals surface area contributed by atoms with Crippen LogP contribution in [0, 0.1) is 10.1 Å². The number of hydrogen-bond donors (Lipinski definition) is 0. The van der Waals surface area contributed by atoms with Crippen LogP contribution >= 0.6 is 0 Å². The maximum absolute atomic E-state index is 10.8. The smallest absolute Gasteiger partial charge is 0.269 e. The fraction of sp³-hybridized carbons (Fsp3) is 0.300. The standard InChI is InChI=1S/C20H19N5O5/c26-25(27)16-4-2-15(3-5-16)24-9-7-23(8-10-24)12-19-21-22-20(30-19)14-1-6-17-18(11-14)29-13-28-17/h1-6,11H,7-10,12-13H2. The number of anilines is 1. The van der Waals surface area contributed by atoms with E-state index >= 15 is 0 Å². The molecule has 0 saturated carbocycles. The number of piperazine rings is 1. The predicted octanol–water partition coefficient (Wildman–Crippen LogP) is 2.70. The molecule has 0 spiro atoms. The Balaban J connectivity index is 1.18. The number of benzene rings is 2. The summed E-state index contributed by atoms with van der Waals surface area (Å²) in [6, 6.07) is 12.2. The highest BCUT2D eigenvalue weighted by Gasteiger charge is 2.21. The molecule has 154 valence electrons. The molecule has 0 bridgehead atoms.